The van der Waals surface area contributed by atoms with Crippen molar-refractivity contribution < 1.29 is 4.79 Å². The smallest absolute Gasteiger partial charge is 0.251 e. The quantitative estimate of drug-likeness (QED) is 0.842. The molecule has 2 rings (SSSR count). The molecule has 0 bridgehead atoms. The number of amides is 1. The number of rotatable bonds is 2. The lowest BCUT2D eigenvalue weighted by Crippen LogP contribution is -2.38. The number of anilines is 1. The zero-order valence-corrected chi connectivity index (χ0v) is 11.1. The Hall–Kier alpha value is -1.58. The Morgan fingerprint density at radius 3 is 2.89 bits per heavy atom. The average Bonchev–Trinajstić information content (AvgIpc) is 2.27. The van der Waals surface area contributed by atoms with E-state index in [0.29, 0.717) is 23.3 Å². The van der Waals surface area contributed by atoms with Crippen molar-refractivity contribution in [2.24, 2.45) is 5.92 Å². The van der Waals surface area contributed by atoms with Crippen LogP contribution in [0.15, 0.2) is 12.1 Å². The van der Waals surface area contributed by atoms with Gasteiger partial charge in [0.1, 0.15) is 5.82 Å². The second kappa shape index (κ2) is 5.38. The third-order valence-electron chi connectivity index (χ3n) is 3.51. The lowest BCUT2D eigenvalue weighted by atomic mass is 9.87. The summed E-state index contributed by atoms with van der Waals surface area (Å²) in [4.78, 5) is 16.2. The first-order chi connectivity index (χ1) is 8.54. The molecule has 4 heteroatoms. The molecule has 1 aromatic heterocycles. The van der Waals surface area contributed by atoms with Gasteiger partial charge in [0.15, 0.2) is 0 Å². The number of hydrogen-bond donors (Lipinski definition) is 2. The summed E-state index contributed by atoms with van der Waals surface area (Å²) in [6.45, 7) is 4.09. The molecular formula is C14H21N3O. The highest BCUT2D eigenvalue weighted by Crippen LogP contribution is 2.23. The Morgan fingerprint density at radius 2 is 2.22 bits per heavy atom. The van der Waals surface area contributed by atoms with Crippen molar-refractivity contribution in [3.8, 4) is 0 Å². The third kappa shape index (κ3) is 3.22. The molecular weight excluding hydrogens is 226 g/mol. The summed E-state index contributed by atoms with van der Waals surface area (Å²) in [5, 5.41) is 3.10. The van der Waals surface area contributed by atoms with Gasteiger partial charge in [-0.25, -0.2) is 4.98 Å². The molecule has 0 aromatic carbocycles. The van der Waals surface area contributed by atoms with Gasteiger partial charge in [-0.3, -0.25) is 4.79 Å². The van der Waals surface area contributed by atoms with Gasteiger partial charge in [-0.1, -0.05) is 19.8 Å². The van der Waals surface area contributed by atoms with Crippen molar-refractivity contribution in [3.63, 3.8) is 0 Å². The summed E-state index contributed by atoms with van der Waals surface area (Å²) < 4.78 is 0. The van der Waals surface area contributed by atoms with Crippen molar-refractivity contribution in [3.05, 3.63) is 23.4 Å². The maximum atomic E-state index is 12.1. The molecule has 0 aliphatic heterocycles. The highest BCUT2D eigenvalue weighted by atomic mass is 16.1. The lowest BCUT2D eigenvalue weighted by molar-refractivity contribution is 0.0921. The van der Waals surface area contributed by atoms with Crippen molar-refractivity contribution in [1.82, 2.24) is 10.3 Å². The number of nitrogens with zero attached hydrogens (tertiary/aromatic N) is 1. The second-order valence-electron chi connectivity index (χ2n) is 5.36. The molecule has 2 atom stereocenters. The highest BCUT2D eigenvalue weighted by Gasteiger charge is 2.21. The fraction of sp³-hybridized carbons (Fsp3) is 0.571. The summed E-state index contributed by atoms with van der Waals surface area (Å²) in [6, 6.07) is 3.71. The summed E-state index contributed by atoms with van der Waals surface area (Å²) in [5.74, 6) is 1.07. The number of aryl methyl sites for hydroxylation is 1. The molecule has 0 spiro atoms. The molecule has 0 saturated heterocycles. The number of nitrogens with one attached hydrogen (secondary N) is 1. The van der Waals surface area contributed by atoms with Crippen LogP contribution in [0.5, 0.6) is 0 Å². The number of nitrogens with two attached hydrogens (primary N) is 1. The zero-order chi connectivity index (χ0) is 13.1. The second-order valence-corrected chi connectivity index (χ2v) is 5.36. The maximum absolute atomic E-state index is 12.1. The van der Waals surface area contributed by atoms with E-state index in [1.165, 1.54) is 12.8 Å². The molecule has 3 N–H and O–H groups in total. The van der Waals surface area contributed by atoms with Gasteiger partial charge in [-0.2, -0.15) is 0 Å². The van der Waals surface area contributed by atoms with E-state index in [1.807, 2.05) is 6.92 Å². The Morgan fingerprint density at radius 1 is 1.44 bits per heavy atom. The Bertz CT molecular complexity index is 424. The van der Waals surface area contributed by atoms with Crippen molar-refractivity contribution >= 4 is 11.7 Å². The van der Waals surface area contributed by atoms with Crippen LogP contribution in [0.25, 0.3) is 0 Å². The molecule has 1 aromatic rings. The van der Waals surface area contributed by atoms with E-state index in [9.17, 15) is 4.79 Å². The molecule has 4 nitrogen and oxygen atoms in total. The maximum Gasteiger partial charge on any atom is 0.251 e. The van der Waals surface area contributed by atoms with E-state index in [4.69, 9.17) is 5.73 Å². The fourth-order valence-corrected chi connectivity index (χ4v) is 2.66. The Labute approximate surface area is 108 Å². The lowest BCUT2D eigenvalue weighted by Gasteiger charge is -2.27. The third-order valence-corrected chi connectivity index (χ3v) is 3.51. The fourth-order valence-electron chi connectivity index (χ4n) is 2.66. The minimum atomic E-state index is -0.0358. The van der Waals surface area contributed by atoms with Crippen LogP contribution in [-0.4, -0.2) is 16.9 Å². The van der Waals surface area contributed by atoms with Gasteiger partial charge in [0.25, 0.3) is 5.91 Å². The van der Waals surface area contributed by atoms with Gasteiger partial charge >= 0.3 is 0 Å². The normalized spacial score (nSPS) is 23.7. The minimum absolute atomic E-state index is 0.0358. The summed E-state index contributed by atoms with van der Waals surface area (Å²) in [6.07, 6.45) is 4.62. The van der Waals surface area contributed by atoms with Crippen molar-refractivity contribution in [2.75, 3.05) is 5.73 Å². The summed E-state index contributed by atoms with van der Waals surface area (Å²) in [5.41, 5.74) is 7.05. The topological polar surface area (TPSA) is 68.0 Å². The predicted octanol–water partition coefficient (Wildman–Crippen LogP) is 2.28. The molecule has 1 fully saturated rings. The SMILES string of the molecule is Cc1cc(C(=O)NC2CCCC(C)C2)cc(N)n1. The molecule has 1 amide bonds. The predicted molar refractivity (Wildman–Crippen MR) is 72.3 cm³/mol. The first-order valence-corrected chi connectivity index (χ1v) is 6.59. The van der Waals surface area contributed by atoms with Crippen LogP contribution in [0.4, 0.5) is 5.82 Å². The van der Waals surface area contributed by atoms with Crippen LogP contribution >= 0.6 is 0 Å². The molecule has 98 valence electrons. The van der Waals surface area contributed by atoms with Gasteiger partial charge < -0.3 is 11.1 Å². The highest BCUT2D eigenvalue weighted by molar-refractivity contribution is 5.95. The van der Waals surface area contributed by atoms with Crippen LogP contribution in [-0.2, 0) is 0 Å². The van der Waals surface area contributed by atoms with Crippen LogP contribution in [0.1, 0.15) is 48.7 Å². The standard InChI is InChI=1S/C14H21N3O/c1-9-4-3-5-12(6-9)17-14(18)11-7-10(2)16-13(15)8-11/h7-9,12H,3-6H2,1-2H3,(H2,15,16)(H,17,18). The monoisotopic (exact) mass is 247 g/mol. The van der Waals surface area contributed by atoms with E-state index < -0.39 is 0 Å². The van der Waals surface area contributed by atoms with Gasteiger partial charge in [-0.15, -0.1) is 0 Å². The average molecular weight is 247 g/mol. The number of hydrogen-bond acceptors (Lipinski definition) is 3. The van der Waals surface area contributed by atoms with Crippen LogP contribution < -0.4 is 11.1 Å². The van der Waals surface area contributed by atoms with Gasteiger partial charge in [0, 0.05) is 17.3 Å². The van der Waals surface area contributed by atoms with Gasteiger partial charge in [-0.05, 0) is 37.8 Å². The molecule has 1 aliphatic carbocycles. The molecule has 1 aliphatic rings. The first-order valence-electron chi connectivity index (χ1n) is 6.59. The van der Waals surface area contributed by atoms with E-state index in [-0.39, 0.29) is 5.91 Å². The van der Waals surface area contributed by atoms with Crippen LogP contribution in [0.2, 0.25) is 0 Å². The molecule has 18 heavy (non-hydrogen) atoms. The van der Waals surface area contributed by atoms with E-state index >= 15 is 0 Å². The Kier molecular flexibility index (Phi) is 3.84. The van der Waals surface area contributed by atoms with E-state index in [1.54, 1.807) is 12.1 Å². The molecule has 0 radical (unpaired) electrons. The number of pyridine rings is 1. The molecule has 1 saturated carbocycles. The number of carbonyl (C=O) groups excluding carboxylic acids is 1. The van der Waals surface area contributed by atoms with Crippen LogP contribution in [0, 0.1) is 12.8 Å². The summed E-state index contributed by atoms with van der Waals surface area (Å²) in [7, 11) is 0. The Balaban J connectivity index is 2.02. The van der Waals surface area contributed by atoms with E-state index in [0.717, 1.165) is 18.5 Å². The van der Waals surface area contributed by atoms with Crippen molar-refractivity contribution in [2.45, 2.75) is 45.6 Å². The van der Waals surface area contributed by atoms with Crippen LogP contribution in [0.3, 0.4) is 0 Å². The van der Waals surface area contributed by atoms with Gasteiger partial charge in [0.05, 0.1) is 0 Å². The number of aromatic nitrogens is 1. The number of carbonyl (C=O) groups is 1. The first kappa shape index (κ1) is 12.9. The summed E-state index contributed by atoms with van der Waals surface area (Å²) >= 11 is 0. The van der Waals surface area contributed by atoms with Gasteiger partial charge in [0.2, 0.25) is 0 Å². The van der Waals surface area contributed by atoms with Crippen molar-refractivity contribution in [1.29, 1.82) is 0 Å². The molecule has 2 unspecified atom stereocenters. The number of nitrogen functional groups attached to an aromatic ring is 1. The largest absolute Gasteiger partial charge is 0.384 e. The zero-order valence-electron chi connectivity index (χ0n) is 11.1. The minimum Gasteiger partial charge on any atom is -0.384 e. The van der Waals surface area contributed by atoms with E-state index in [2.05, 4.69) is 17.2 Å². The molecule has 1 heterocycles.